The second-order valence-electron chi connectivity index (χ2n) is 7.54. The van der Waals surface area contributed by atoms with Crippen LogP contribution < -0.4 is 19.1 Å². The lowest BCUT2D eigenvalue weighted by Gasteiger charge is -2.25. The van der Waals surface area contributed by atoms with Gasteiger partial charge in [0.1, 0.15) is 18.0 Å². The highest BCUT2D eigenvalue weighted by Crippen LogP contribution is 2.25. The zero-order valence-corrected chi connectivity index (χ0v) is 20.4. The summed E-state index contributed by atoms with van der Waals surface area (Å²) in [6.07, 6.45) is 0. The number of sulfonamides is 1. The molecule has 0 bridgehead atoms. The quantitative estimate of drug-likeness (QED) is 0.433. The van der Waals surface area contributed by atoms with Gasteiger partial charge in [-0.15, -0.1) is 0 Å². The normalized spacial score (nSPS) is 12.0. The number of carbonyl (C=O) groups is 1. The van der Waals surface area contributed by atoms with E-state index in [0.29, 0.717) is 24.7 Å². The lowest BCUT2D eigenvalue weighted by molar-refractivity contribution is -0.120. The number of para-hydroxylation sites is 1. The smallest absolute Gasteiger partial charge is 0.264 e. The first-order valence-electron chi connectivity index (χ1n) is 11.2. The molecule has 0 aromatic heterocycles. The standard InChI is InChI=1S/C26H30N2O5S/c1-4-32-23-13-11-21(12-14-23)20(3)27-26(29)19-28(22-9-7-6-8-10-22)34(30,31)25-17-15-24(16-18-25)33-5-2/h6-18,20H,4-5,19H2,1-3H3,(H,27,29). The molecule has 1 atom stereocenters. The molecule has 0 saturated heterocycles. The molecule has 0 aliphatic carbocycles. The van der Waals surface area contributed by atoms with E-state index in [1.807, 2.05) is 45.0 Å². The zero-order valence-electron chi connectivity index (χ0n) is 19.6. The van der Waals surface area contributed by atoms with Crippen LogP contribution in [-0.4, -0.2) is 34.1 Å². The molecule has 180 valence electrons. The summed E-state index contributed by atoms with van der Waals surface area (Å²) in [5.74, 6) is 0.913. The molecule has 1 amide bonds. The second-order valence-corrected chi connectivity index (χ2v) is 9.41. The Morgan fingerprint density at radius 1 is 0.853 bits per heavy atom. The Labute approximate surface area is 201 Å². The van der Waals surface area contributed by atoms with Gasteiger partial charge in [-0.3, -0.25) is 9.10 Å². The summed E-state index contributed by atoms with van der Waals surface area (Å²) in [6.45, 7) is 6.31. The van der Waals surface area contributed by atoms with Gasteiger partial charge in [0.25, 0.3) is 10.0 Å². The molecule has 0 fully saturated rings. The van der Waals surface area contributed by atoms with E-state index >= 15 is 0 Å². The number of benzene rings is 3. The maximum absolute atomic E-state index is 13.5. The summed E-state index contributed by atoms with van der Waals surface area (Å²) in [5, 5.41) is 2.89. The summed E-state index contributed by atoms with van der Waals surface area (Å²) in [7, 11) is -3.99. The van der Waals surface area contributed by atoms with E-state index in [2.05, 4.69) is 5.32 Å². The maximum Gasteiger partial charge on any atom is 0.264 e. The minimum atomic E-state index is -3.99. The van der Waals surface area contributed by atoms with Crippen LogP contribution in [0.2, 0.25) is 0 Å². The number of hydrogen-bond donors (Lipinski definition) is 1. The van der Waals surface area contributed by atoms with Gasteiger partial charge < -0.3 is 14.8 Å². The molecule has 3 rings (SSSR count). The van der Waals surface area contributed by atoms with Crippen molar-refractivity contribution in [1.29, 1.82) is 0 Å². The lowest BCUT2D eigenvalue weighted by Crippen LogP contribution is -2.41. The average Bonchev–Trinajstić information content (AvgIpc) is 2.84. The van der Waals surface area contributed by atoms with Gasteiger partial charge in [0.15, 0.2) is 0 Å². The third kappa shape index (κ3) is 6.29. The molecule has 1 unspecified atom stereocenters. The molecular weight excluding hydrogens is 452 g/mol. The maximum atomic E-state index is 13.5. The van der Waals surface area contributed by atoms with Gasteiger partial charge in [0, 0.05) is 0 Å². The first kappa shape index (κ1) is 25.1. The highest BCUT2D eigenvalue weighted by Gasteiger charge is 2.27. The van der Waals surface area contributed by atoms with Crippen LogP contribution in [0.25, 0.3) is 0 Å². The SMILES string of the molecule is CCOc1ccc(C(C)NC(=O)CN(c2ccccc2)S(=O)(=O)c2ccc(OCC)cc2)cc1. The van der Waals surface area contributed by atoms with Gasteiger partial charge in [-0.1, -0.05) is 30.3 Å². The van der Waals surface area contributed by atoms with Crippen molar-refractivity contribution in [3.05, 3.63) is 84.4 Å². The van der Waals surface area contributed by atoms with Gasteiger partial charge in [-0.05, 0) is 74.9 Å². The molecule has 0 saturated carbocycles. The largest absolute Gasteiger partial charge is 0.494 e. The van der Waals surface area contributed by atoms with Crippen LogP contribution in [0.1, 0.15) is 32.4 Å². The van der Waals surface area contributed by atoms with Gasteiger partial charge >= 0.3 is 0 Å². The van der Waals surface area contributed by atoms with Crippen LogP contribution in [0.5, 0.6) is 11.5 Å². The van der Waals surface area contributed by atoms with Crippen LogP contribution in [-0.2, 0) is 14.8 Å². The van der Waals surface area contributed by atoms with E-state index in [1.165, 1.54) is 12.1 Å². The highest BCUT2D eigenvalue weighted by molar-refractivity contribution is 7.92. The van der Waals surface area contributed by atoms with Crippen LogP contribution in [0, 0.1) is 0 Å². The minimum Gasteiger partial charge on any atom is -0.494 e. The van der Waals surface area contributed by atoms with E-state index in [4.69, 9.17) is 9.47 Å². The van der Waals surface area contributed by atoms with Gasteiger partial charge in [-0.25, -0.2) is 8.42 Å². The third-order valence-corrected chi connectivity index (χ3v) is 6.91. The van der Waals surface area contributed by atoms with Crippen LogP contribution in [0.15, 0.2) is 83.8 Å². The Morgan fingerprint density at radius 2 is 1.38 bits per heavy atom. The minimum absolute atomic E-state index is 0.0761. The van der Waals surface area contributed by atoms with Crippen molar-refractivity contribution >= 4 is 21.6 Å². The number of rotatable bonds is 11. The average molecular weight is 483 g/mol. The Bertz CT molecular complexity index is 1160. The molecular formula is C26H30N2O5S. The number of ether oxygens (including phenoxy) is 2. The zero-order chi connectivity index (χ0) is 24.6. The molecule has 3 aromatic carbocycles. The van der Waals surface area contributed by atoms with E-state index in [0.717, 1.165) is 15.6 Å². The Kier molecular flexibility index (Phi) is 8.54. The van der Waals surface area contributed by atoms with Gasteiger partial charge in [-0.2, -0.15) is 0 Å². The molecule has 0 heterocycles. The molecule has 0 spiro atoms. The molecule has 0 aliphatic rings. The Morgan fingerprint density at radius 3 is 1.91 bits per heavy atom. The van der Waals surface area contributed by atoms with Crippen molar-refractivity contribution in [2.24, 2.45) is 0 Å². The monoisotopic (exact) mass is 482 g/mol. The molecule has 34 heavy (non-hydrogen) atoms. The lowest BCUT2D eigenvalue weighted by atomic mass is 10.1. The molecule has 7 nitrogen and oxygen atoms in total. The number of hydrogen-bond acceptors (Lipinski definition) is 5. The first-order valence-corrected chi connectivity index (χ1v) is 12.6. The summed E-state index contributed by atoms with van der Waals surface area (Å²) in [6, 6.07) is 21.9. The summed E-state index contributed by atoms with van der Waals surface area (Å²) >= 11 is 0. The summed E-state index contributed by atoms with van der Waals surface area (Å²) < 4.78 is 38.9. The predicted octanol–water partition coefficient (Wildman–Crippen LogP) is 4.56. The third-order valence-electron chi connectivity index (χ3n) is 5.12. The van der Waals surface area contributed by atoms with Crippen molar-refractivity contribution in [2.75, 3.05) is 24.1 Å². The topological polar surface area (TPSA) is 84.9 Å². The van der Waals surface area contributed by atoms with Crippen molar-refractivity contribution in [2.45, 2.75) is 31.7 Å². The number of amides is 1. The van der Waals surface area contributed by atoms with Crippen LogP contribution in [0.4, 0.5) is 5.69 Å². The molecule has 8 heteroatoms. The predicted molar refractivity (Wildman–Crippen MR) is 133 cm³/mol. The van der Waals surface area contributed by atoms with E-state index in [-0.39, 0.29) is 17.5 Å². The first-order chi connectivity index (χ1) is 16.3. The number of nitrogens with zero attached hydrogens (tertiary/aromatic N) is 1. The second kappa shape index (κ2) is 11.6. The van der Waals surface area contributed by atoms with Crippen molar-refractivity contribution in [3.63, 3.8) is 0 Å². The van der Waals surface area contributed by atoms with Crippen molar-refractivity contribution in [1.82, 2.24) is 5.32 Å². The van der Waals surface area contributed by atoms with Gasteiger partial charge in [0.2, 0.25) is 5.91 Å². The number of carbonyl (C=O) groups excluding carboxylic acids is 1. The fourth-order valence-corrected chi connectivity index (χ4v) is 4.85. The molecule has 3 aromatic rings. The van der Waals surface area contributed by atoms with Crippen LogP contribution in [0.3, 0.4) is 0 Å². The molecule has 0 aliphatic heterocycles. The van der Waals surface area contributed by atoms with Crippen LogP contribution >= 0.6 is 0 Å². The van der Waals surface area contributed by atoms with E-state index in [1.54, 1.807) is 42.5 Å². The highest BCUT2D eigenvalue weighted by atomic mass is 32.2. The van der Waals surface area contributed by atoms with Gasteiger partial charge in [0.05, 0.1) is 29.8 Å². The molecule has 0 radical (unpaired) electrons. The number of nitrogens with one attached hydrogen (secondary N) is 1. The van der Waals surface area contributed by atoms with E-state index in [9.17, 15) is 13.2 Å². The van der Waals surface area contributed by atoms with Crippen molar-refractivity contribution in [3.8, 4) is 11.5 Å². The summed E-state index contributed by atoms with van der Waals surface area (Å²) in [4.78, 5) is 13.0. The Hall–Kier alpha value is -3.52. The fourth-order valence-electron chi connectivity index (χ4n) is 3.43. The fraction of sp³-hybridized carbons (Fsp3) is 0.269. The molecule has 1 N–H and O–H groups in total. The van der Waals surface area contributed by atoms with E-state index < -0.39 is 15.9 Å². The van der Waals surface area contributed by atoms with Crippen molar-refractivity contribution < 1.29 is 22.7 Å². The number of anilines is 1. The summed E-state index contributed by atoms with van der Waals surface area (Å²) in [5.41, 5.74) is 1.29. The Balaban J connectivity index is 1.80.